The summed E-state index contributed by atoms with van der Waals surface area (Å²) in [6, 6.07) is 3.18. The fourth-order valence-corrected chi connectivity index (χ4v) is 1.10. The number of halogens is 1. The minimum absolute atomic E-state index is 0. The van der Waals surface area contributed by atoms with E-state index in [1.807, 2.05) is 0 Å². The minimum Gasteiger partial charge on any atom is -0.379 e. The molecule has 1 heterocycles. The number of aromatic nitrogens is 1. The maximum atomic E-state index is 9.54. The van der Waals surface area contributed by atoms with Gasteiger partial charge in [-0.1, -0.05) is 19.0 Å². The van der Waals surface area contributed by atoms with Gasteiger partial charge in [0.2, 0.25) is 6.20 Å². The maximum Gasteiger partial charge on any atom is 0.264 e. The van der Waals surface area contributed by atoms with Crippen molar-refractivity contribution in [3.05, 3.63) is 29.0 Å². The van der Waals surface area contributed by atoms with E-state index >= 15 is 0 Å². The number of pyridine rings is 1. The minimum atomic E-state index is -1.07. The van der Waals surface area contributed by atoms with E-state index in [1.54, 1.807) is 26.0 Å². The highest BCUT2D eigenvalue weighted by atomic mass is 35.5. The topological polar surface area (TPSA) is 44.3 Å². The van der Waals surface area contributed by atoms with Crippen molar-refractivity contribution >= 4 is 11.6 Å². The first-order chi connectivity index (χ1) is 5.41. The van der Waals surface area contributed by atoms with Crippen LogP contribution in [-0.4, -0.2) is 10.3 Å². The molecular weight excluding hydrogens is 190 g/mol. The zero-order valence-corrected chi connectivity index (χ0v) is 7.71. The lowest BCUT2D eigenvalue weighted by Gasteiger charge is -2.11. The van der Waals surface area contributed by atoms with Gasteiger partial charge >= 0.3 is 0 Å². The number of rotatable bonds is 1. The van der Waals surface area contributed by atoms with E-state index in [2.05, 4.69) is 0 Å². The normalized spacial score (nSPS) is 10.8. The van der Waals surface area contributed by atoms with Crippen molar-refractivity contribution in [3.8, 4) is 0 Å². The van der Waals surface area contributed by atoms with Gasteiger partial charge in [0.05, 0.1) is 0 Å². The Morgan fingerprint density at radius 1 is 1.38 bits per heavy atom. The fourth-order valence-electron chi connectivity index (χ4n) is 0.949. The van der Waals surface area contributed by atoms with Gasteiger partial charge in [0, 0.05) is 10.8 Å². The summed E-state index contributed by atoms with van der Waals surface area (Å²) in [6.45, 7) is 3.17. The van der Waals surface area contributed by atoms with Crippen LogP contribution in [0.25, 0.3) is 0 Å². The molecule has 0 aliphatic carbocycles. The molecule has 0 saturated carbocycles. The summed E-state index contributed by atoms with van der Waals surface area (Å²) >= 11 is 5.60. The standard InChI is InChI=1S/C8H11ClNO2.CH4/c1-8(2,11)7-4-3-6(9)5-10(7)12;/h3-5,11-12H,1-2H3;1H4/q+1;. The van der Waals surface area contributed by atoms with E-state index in [1.165, 1.54) is 6.20 Å². The molecule has 0 aliphatic heterocycles. The zero-order valence-electron chi connectivity index (χ0n) is 6.95. The van der Waals surface area contributed by atoms with Gasteiger partial charge in [-0.05, 0) is 19.9 Å². The molecule has 1 aromatic rings. The Hall–Kier alpha value is -0.800. The van der Waals surface area contributed by atoms with Gasteiger partial charge in [0.25, 0.3) is 5.69 Å². The summed E-state index contributed by atoms with van der Waals surface area (Å²) in [4.78, 5) is 0. The predicted molar refractivity (Wildman–Crippen MR) is 50.8 cm³/mol. The zero-order chi connectivity index (χ0) is 9.35. The van der Waals surface area contributed by atoms with Crippen molar-refractivity contribution in [1.29, 1.82) is 0 Å². The lowest BCUT2D eigenvalue weighted by Crippen LogP contribution is -2.41. The molecule has 3 nitrogen and oxygen atoms in total. The second-order valence-corrected chi connectivity index (χ2v) is 3.57. The third kappa shape index (κ3) is 2.86. The number of aliphatic hydroxyl groups is 1. The van der Waals surface area contributed by atoms with Crippen LogP contribution in [0, 0.1) is 0 Å². The fraction of sp³-hybridized carbons (Fsp3) is 0.444. The molecule has 0 saturated heterocycles. The largest absolute Gasteiger partial charge is 0.379 e. The lowest BCUT2D eigenvalue weighted by molar-refractivity contribution is -0.912. The van der Waals surface area contributed by atoms with E-state index in [0.717, 1.165) is 4.73 Å². The van der Waals surface area contributed by atoms with Crippen LogP contribution in [0.1, 0.15) is 27.0 Å². The molecule has 0 fully saturated rings. The van der Waals surface area contributed by atoms with Crippen LogP contribution in [0.5, 0.6) is 0 Å². The maximum absolute atomic E-state index is 9.54. The highest BCUT2D eigenvalue weighted by Gasteiger charge is 2.27. The molecule has 0 aliphatic rings. The van der Waals surface area contributed by atoms with Crippen LogP contribution in [0.15, 0.2) is 18.3 Å². The Balaban J connectivity index is 0.00000144. The molecule has 0 spiro atoms. The molecule has 13 heavy (non-hydrogen) atoms. The molecule has 2 N–H and O–H groups in total. The number of hydrogen-bond acceptors (Lipinski definition) is 2. The summed E-state index contributed by atoms with van der Waals surface area (Å²) < 4.78 is 0.822. The Kier molecular flexibility index (Phi) is 3.70. The van der Waals surface area contributed by atoms with E-state index in [9.17, 15) is 10.3 Å². The molecule has 0 unspecified atom stereocenters. The molecule has 0 atom stereocenters. The predicted octanol–water partition coefficient (Wildman–Crippen LogP) is 1.73. The van der Waals surface area contributed by atoms with E-state index in [4.69, 9.17) is 11.6 Å². The Morgan fingerprint density at radius 3 is 2.31 bits per heavy atom. The Bertz CT molecular complexity index is 294. The summed E-state index contributed by atoms with van der Waals surface area (Å²) in [5.74, 6) is 0. The van der Waals surface area contributed by atoms with Crippen LogP contribution in [0.3, 0.4) is 0 Å². The van der Waals surface area contributed by atoms with Gasteiger partial charge < -0.3 is 5.11 Å². The van der Waals surface area contributed by atoms with Gasteiger partial charge in [-0.25, -0.2) is 0 Å². The molecule has 0 amide bonds. The second-order valence-electron chi connectivity index (χ2n) is 3.14. The Morgan fingerprint density at radius 2 is 1.92 bits per heavy atom. The average molecular weight is 205 g/mol. The van der Waals surface area contributed by atoms with Gasteiger partial charge in [-0.2, -0.15) is 0 Å². The summed E-state index contributed by atoms with van der Waals surface area (Å²) in [7, 11) is 0. The monoisotopic (exact) mass is 204 g/mol. The molecule has 0 radical (unpaired) electrons. The average Bonchev–Trinajstić information content (AvgIpc) is 1.83. The van der Waals surface area contributed by atoms with Crippen LogP contribution in [0.4, 0.5) is 0 Å². The molecular formula is C9H15ClNO2+. The van der Waals surface area contributed by atoms with Crippen molar-refractivity contribution in [2.45, 2.75) is 26.9 Å². The smallest absolute Gasteiger partial charge is 0.264 e. The molecule has 1 rings (SSSR count). The van der Waals surface area contributed by atoms with Crippen LogP contribution in [0.2, 0.25) is 5.02 Å². The van der Waals surface area contributed by atoms with Crippen molar-refractivity contribution in [1.82, 2.24) is 0 Å². The van der Waals surface area contributed by atoms with Gasteiger partial charge in [0.1, 0.15) is 10.6 Å². The van der Waals surface area contributed by atoms with E-state index < -0.39 is 5.60 Å². The van der Waals surface area contributed by atoms with Gasteiger partial charge in [-0.15, -0.1) is 0 Å². The highest BCUT2D eigenvalue weighted by Crippen LogP contribution is 2.16. The van der Waals surface area contributed by atoms with Crippen LogP contribution in [-0.2, 0) is 5.60 Å². The lowest BCUT2D eigenvalue weighted by atomic mass is 10.1. The molecule has 0 aromatic carbocycles. The van der Waals surface area contributed by atoms with E-state index in [-0.39, 0.29) is 7.43 Å². The van der Waals surface area contributed by atoms with E-state index in [0.29, 0.717) is 10.7 Å². The third-order valence-electron chi connectivity index (χ3n) is 1.52. The number of hydrogen-bond donors (Lipinski definition) is 2. The second kappa shape index (κ2) is 3.94. The van der Waals surface area contributed by atoms with Crippen LogP contribution < -0.4 is 4.73 Å². The molecule has 1 aromatic heterocycles. The van der Waals surface area contributed by atoms with Crippen molar-refractivity contribution in [3.63, 3.8) is 0 Å². The first kappa shape index (κ1) is 12.2. The van der Waals surface area contributed by atoms with Gasteiger partial charge in [0.15, 0.2) is 0 Å². The number of nitrogens with zero attached hydrogens (tertiary/aromatic N) is 1. The van der Waals surface area contributed by atoms with Crippen LogP contribution >= 0.6 is 11.6 Å². The summed E-state index contributed by atoms with van der Waals surface area (Å²) in [5, 5.41) is 19.3. The first-order valence-corrected chi connectivity index (χ1v) is 3.92. The summed E-state index contributed by atoms with van der Waals surface area (Å²) in [5.41, 5.74) is -0.675. The summed E-state index contributed by atoms with van der Waals surface area (Å²) in [6.07, 6.45) is 1.33. The third-order valence-corrected chi connectivity index (χ3v) is 1.74. The molecule has 4 heteroatoms. The first-order valence-electron chi connectivity index (χ1n) is 3.54. The van der Waals surface area contributed by atoms with Crippen molar-refractivity contribution < 1.29 is 15.0 Å². The highest BCUT2D eigenvalue weighted by molar-refractivity contribution is 6.30. The molecule has 0 bridgehead atoms. The van der Waals surface area contributed by atoms with Crippen molar-refractivity contribution in [2.24, 2.45) is 0 Å². The quantitative estimate of drug-likeness (QED) is 0.541. The SMILES string of the molecule is C.CC(C)(O)c1ccc(Cl)c[n+]1O. The Labute approximate surface area is 83.2 Å². The molecule has 74 valence electrons. The van der Waals surface area contributed by atoms with Gasteiger partial charge in [-0.3, -0.25) is 5.21 Å². The van der Waals surface area contributed by atoms with Crippen molar-refractivity contribution in [2.75, 3.05) is 0 Å².